The van der Waals surface area contributed by atoms with Crippen LogP contribution in [-0.2, 0) is 0 Å². The minimum absolute atomic E-state index is 0.188. The number of aromatic nitrogens is 4. The molecule has 3 heterocycles. The van der Waals surface area contributed by atoms with E-state index in [9.17, 15) is 4.79 Å². The van der Waals surface area contributed by atoms with Gasteiger partial charge in [0, 0.05) is 18.7 Å². The number of fused-ring (bicyclic) bond motifs is 1. The molecule has 0 aromatic carbocycles. The van der Waals surface area contributed by atoms with E-state index in [1.807, 2.05) is 26.0 Å². The Morgan fingerprint density at radius 1 is 1.22 bits per heavy atom. The Balaban J connectivity index is 1.45. The third-order valence-electron chi connectivity index (χ3n) is 3.43. The predicted molar refractivity (Wildman–Crippen MR) is 84.4 cm³/mol. The second-order valence-electron chi connectivity index (χ2n) is 5.20. The van der Waals surface area contributed by atoms with Crippen molar-refractivity contribution >= 4 is 17.4 Å². The van der Waals surface area contributed by atoms with E-state index in [1.54, 1.807) is 10.6 Å². The van der Waals surface area contributed by atoms with Crippen molar-refractivity contribution in [3.05, 3.63) is 41.6 Å². The summed E-state index contributed by atoms with van der Waals surface area (Å²) in [6.45, 7) is 4.94. The maximum absolute atomic E-state index is 11.9. The number of rotatable bonds is 6. The van der Waals surface area contributed by atoms with Crippen molar-refractivity contribution < 1.29 is 9.21 Å². The predicted octanol–water partition coefficient (Wildman–Crippen LogP) is 1.57. The van der Waals surface area contributed by atoms with Gasteiger partial charge in [0.25, 0.3) is 5.91 Å². The fraction of sp³-hybridized carbons (Fsp3) is 0.333. The van der Waals surface area contributed by atoms with Gasteiger partial charge < -0.3 is 15.1 Å². The summed E-state index contributed by atoms with van der Waals surface area (Å²) < 4.78 is 6.83. The SMILES string of the molecule is Cc1ccoc1C(=O)NCCCNc1ccc2nnc(C)n2n1. The number of furan rings is 1. The van der Waals surface area contributed by atoms with E-state index in [1.165, 1.54) is 6.26 Å². The number of carbonyl (C=O) groups is 1. The molecule has 3 aromatic heterocycles. The minimum Gasteiger partial charge on any atom is -0.459 e. The molecule has 0 spiro atoms. The van der Waals surface area contributed by atoms with Gasteiger partial charge in [-0.2, -0.15) is 4.52 Å². The standard InChI is InChI=1S/C15H18N6O2/c1-10-6-9-23-14(10)15(22)17-8-3-7-16-12-4-5-13-19-18-11(2)21(13)20-12/h4-6,9H,3,7-8H2,1-2H3,(H,16,20)(H,17,22). The molecule has 3 rings (SSSR count). The highest BCUT2D eigenvalue weighted by Gasteiger charge is 2.11. The molecule has 0 fully saturated rings. The number of nitrogens with one attached hydrogen (secondary N) is 2. The monoisotopic (exact) mass is 314 g/mol. The van der Waals surface area contributed by atoms with Crippen LogP contribution in [0.25, 0.3) is 5.65 Å². The van der Waals surface area contributed by atoms with E-state index >= 15 is 0 Å². The molecule has 0 aliphatic heterocycles. The largest absolute Gasteiger partial charge is 0.459 e. The first-order valence-corrected chi connectivity index (χ1v) is 7.40. The average Bonchev–Trinajstić information content (AvgIpc) is 3.13. The van der Waals surface area contributed by atoms with Crippen molar-refractivity contribution in [1.82, 2.24) is 25.1 Å². The van der Waals surface area contributed by atoms with Crippen molar-refractivity contribution in [1.29, 1.82) is 0 Å². The Bertz CT molecular complexity index is 822. The summed E-state index contributed by atoms with van der Waals surface area (Å²) in [5.74, 6) is 1.67. The van der Waals surface area contributed by atoms with Crippen LogP contribution in [0.5, 0.6) is 0 Å². The summed E-state index contributed by atoms with van der Waals surface area (Å²) in [5, 5.41) is 18.4. The van der Waals surface area contributed by atoms with Crippen molar-refractivity contribution in [2.75, 3.05) is 18.4 Å². The van der Waals surface area contributed by atoms with Crippen molar-refractivity contribution in [3.63, 3.8) is 0 Å². The maximum atomic E-state index is 11.9. The molecule has 0 radical (unpaired) electrons. The third kappa shape index (κ3) is 3.31. The normalized spacial score (nSPS) is 10.9. The number of hydrogen-bond acceptors (Lipinski definition) is 6. The molecule has 8 nitrogen and oxygen atoms in total. The minimum atomic E-state index is -0.188. The van der Waals surface area contributed by atoms with Crippen LogP contribution in [0.3, 0.4) is 0 Å². The molecule has 0 bridgehead atoms. The molecule has 0 aliphatic carbocycles. The quantitative estimate of drug-likeness (QED) is 0.670. The van der Waals surface area contributed by atoms with Gasteiger partial charge in [0.1, 0.15) is 5.82 Å². The summed E-state index contributed by atoms with van der Waals surface area (Å²) in [7, 11) is 0. The molecular weight excluding hydrogens is 296 g/mol. The highest BCUT2D eigenvalue weighted by Crippen LogP contribution is 2.08. The average molecular weight is 314 g/mol. The van der Waals surface area contributed by atoms with Crippen LogP contribution in [0, 0.1) is 13.8 Å². The smallest absolute Gasteiger partial charge is 0.287 e. The number of hydrogen-bond donors (Lipinski definition) is 2. The van der Waals surface area contributed by atoms with Gasteiger partial charge in [-0.3, -0.25) is 4.79 Å². The van der Waals surface area contributed by atoms with Gasteiger partial charge in [-0.15, -0.1) is 15.3 Å². The molecule has 0 atom stereocenters. The van der Waals surface area contributed by atoms with Gasteiger partial charge in [0.05, 0.1) is 6.26 Å². The molecule has 0 saturated carbocycles. The van der Waals surface area contributed by atoms with Crippen LogP contribution in [0.15, 0.2) is 28.9 Å². The van der Waals surface area contributed by atoms with E-state index in [2.05, 4.69) is 25.9 Å². The molecule has 3 aromatic rings. The first-order chi connectivity index (χ1) is 11.1. The van der Waals surface area contributed by atoms with E-state index in [-0.39, 0.29) is 5.91 Å². The zero-order valence-corrected chi connectivity index (χ0v) is 13.0. The summed E-state index contributed by atoms with van der Waals surface area (Å²) in [6, 6.07) is 5.48. The van der Waals surface area contributed by atoms with E-state index < -0.39 is 0 Å². The topological polar surface area (TPSA) is 97.3 Å². The second kappa shape index (κ2) is 6.47. The third-order valence-corrected chi connectivity index (χ3v) is 3.43. The van der Waals surface area contributed by atoms with Crippen LogP contribution in [0.4, 0.5) is 5.82 Å². The number of amides is 1. The lowest BCUT2D eigenvalue weighted by Crippen LogP contribution is -2.26. The fourth-order valence-corrected chi connectivity index (χ4v) is 2.18. The molecule has 0 unspecified atom stereocenters. The molecule has 8 heteroatoms. The maximum Gasteiger partial charge on any atom is 0.287 e. The lowest BCUT2D eigenvalue weighted by atomic mass is 10.2. The van der Waals surface area contributed by atoms with Crippen LogP contribution in [0.1, 0.15) is 28.4 Å². The highest BCUT2D eigenvalue weighted by molar-refractivity contribution is 5.92. The summed E-state index contributed by atoms with van der Waals surface area (Å²) in [5.41, 5.74) is 1.55. The molecule has 23 heavy (non-hydrogen) atoms. The van der Waals surface area contributed by atoms with E-state index in [0.29, 0.717) is 24.5 Å². The Labute approximate surface area is 132 Å². The van der Waals surface area contributed by atoms with Crippen LogP contribution in [0.2, 0.25) is 0 Å². The van der Waals surface area contributed by atoms with Gasteiger partial charge in [-0.1, -0.05) is 0 Å². The van der Waals surface area contributed by atoms with Gasteiger partial charge >= 0.3 is 0 Å². The molecule has 2 N–H and O–H groups in total. The second-order valence-corrected chi connectivity index (χ2v) is 5.20. The zero-order valence-electron chi connectivity index (χ0n) is 13.0. The number of aryl methyl sites for hydroxylation is 2. The molecule has 0 saturated heterocycles. The van der Waals surface area contributed by atoms with Gasteiger partial charge in [-0.05, 0) is 38.5 Å². The van der Waals surface area contributed by atoms with E-state index in [0.717, 1.165) is 23.6 Å². The summed E-state index contributed by atoms with van der Waals surface area (Å²) >= 11 is 0. The lowest BCUT2D eigenvalue weighted by molar-refractivity contribution is 0.0925. The molecule has 1 amide bonds. The molecule has 0 aliphatic rings. The van der Waals surface area contributed by atoms with Crippen LogP contribution >= 0.6 is 0 Å². The molecule has 120 valence electrons. The van der Waals surface area contributed by atoms with Gasteiger partial charge in [0.15, 0.2) is 17.2 Å². The van der Waals surface area contributed by atoms with Gasteiger partial charge in [-0.25, -0.2) is 0 Å². The Morgan fingerprint density at radius 2 is 2.09 bits per heavy atom. The fourth-order valence-electron chi connectivity index (χ4n) is 2.18. The summed E-state index contributed by atoms with van der Waals surface area (Å²) in [6.07, 6.45) is 2.28. The summed E-state index contributed by atoms with van der Waals surface area (Å²) in [4.78, 5) is 11.9. The number of carbonyl (C=O) groups excluding carboxylic acids is 1. The lowest BCUT2D eigenvalue weighted by Gasteiger charge is -2.07. The van der Waals surface area contributed by atoms with Crippen molar-refractivity contribution in [2.24, 2.45) is 0 Å². The Kier molecular flexibility index (Phi) is 4.22. The van der Waals surface area contributed by atoms with Crippen molar-refractivity contribution in [3.8, 4) is 0 Å². The first kappa shape index (κ1) is 15.0. The Morgan fingerprint density at radius 3 is 2.87 bits per heavy atom. The zero-order chi connectivity index (χ0) is 16.2. The van der Waals surface area contributed by atoms with Gasteiger partial charge in [0.2, 0.25) is 0 Å². The first-order valence-electron chi connectivity index (χ1n) is 7.40. The number of nitrogens with zero attached hydrogens (tertiary/aromatic N) is 4. The highest BCUT2D eigenvalue weighted by atomic mass is 16.3. The van der Waals surface area contributed by atoms with Crippen LogP contribution in [-0.4, -0.2) is 38.8 Å². The van der Waals surface area contributed by atoms with E-state index in [4.69, 9.17) is 4.42 Å². The number of anilines is 1. The molecular formula is C15H18N6O2. The Hall–Kier alpha value is -2.90. The van der Waals surface area contributed by atoms with Crippen molar-refractivity contribution in [2.45, 2.75) is 20.3 Å². The van der Waals surface area contributed by atoms with Crippen LogP contribution < -0.4 is 10.6 Å².